The van der Waals surface area contributed by atoms with Gasteiger partial charge in [-0.15, -0.1) is 0 Å². The number of aromatic hydroxyl groups is 1. The molecule has 0 saturated heterocycles. The molecule has 70 heavy (non-hydrogen) atoms. The molecule has 0 amide bonds. The fourth-order valence-electron chi connectivity index (χ4n) is 10.2. The third kappa shape index (κ3) is 9.60. The Bertz CT molecular complexity index is 2660. The van der Waals surface area contributed by atoms with Gasteiger partial charge in [0.2, 0.25) is 0 Å². The molecule has 0 unspecified atom stereocenters. The van der Waals surface area contributed by atoms with Crippen LogP contribution in [0.15, 0.2) is 267 Å². The molecule has 0 radical (unpaired) electrons. The third-order valence-electron chi connectivity index (χ3n) is 13.9. The first-order valence-electron chi connectivity index (χ1n) is 23.8. The van der Waals surface area contributed by atoms with Gasteiger partial charge in [0, 0.05) is 30.5 Å². The Morgan fingerprint density at radius 2 is 0.500 bits per heavy atom. The molecule has 0 bridgehead atoms. The van der Waals surface area contributed by atoms with E-state index >= 15 is 0 Å². The molecule has 7 nitrogen and oxygen atoms in total. The average molecular weight is 923 g/mol. The van der Waals surface area contributed by atoms with Gasteiger partial charge in [-0.3, -0.25) is 10.6 Å². The van der Waals surface area contributed by atoms with Crippen molar-refractivity contribution in [3.8, 4) is 5.75 Å². The highest BCUT2D eigenvalue weighted by Crippen LogP contribution is 2.46. The molecule has 0 aliphatic carbocycles. The van der Waals surface area contributed by atoms with Crippen molar-refractivity contribution < 1.29 is 25.5 Å². The Morgan fingerprint density at radius 1 is 0.286 bits per heavy atom. The minimum atomic E-state index is -1.86. The van der Waals surface area contributed by atoms with Crippen LogP contribution in [-0.4, -0.2) is 37.6 Å². The Labute approximate surface area is 410 Å². The smallest absolute Gasteiger partial charge is 0.130 e. The number of phenolic OH excluding ortho intramolecular Hbond substituents is 1. The third-order valence-corrected chi connectivity index (χ3v) is 13.9. The van der Waals surface area contributed by atoms with Crippen molar-refractivity contribution in [1.29, 1.82) is 0 Å². The maximum absolute atomic E-state index is 14.0. The normalized spacial score (nSPS) is 13.2. The maximum Gasteiger partial charge on any atom is 0.130 e. The van der Waals surface area contributed by atoms with Gasteiger partial charge in [0.25, 0.3) is 0 Å². The van der Waals surface area contributed by atoms with Crippen LogP contribution < -0.4 is 10.6 Å². The predicted octanol–water partition coefficient (Wildman–Crippen LogP) is 10.8. The van der Waals surface area contributed by atoms with Crippen molar-refractivity contribution in [3.63, 3.8) is 0 Å². The van der Waals surface area contributed by atoms with E-state index in [0.717, 1.165) is 0 Å². The maximum atomic E-state index is 14.0. The molecule has 9 rings (SSSR count). The molecule has 350 valence electrons. The largest absolute Gasteiger partial charge is 0.508 e. The van der Waals surface area contributed by atoms with Crippen LogP contribution in [-0.2, 0) is 22.4 Å². The summed E-state index contributed by atoms with van der Waals surface area (Å²) in [6.45, 7) is 0. The fraction of sp³-hybridized carbons (Fsp3) is 0.143. The quantitative estimate of drug-likeness (QED) is 0.0403. The summed E-state index contributed by atoms with van der Waals surface area (Å²) in [7, 11) is 0. The van der Waals surface area contributed by atoms with E-state index in [9.17, 15) is 25.5 Å². The topological polar surface area (TPSA) is 125 Å². The molecule has 7 heteroatoms. The van der Waals surface area contributed by atoms with Crippen LogP contribution in [0.5, 0.6) is 5.75 Å². The van der Waals surface area contributed by atoms with Crippen molar-refractivity contribution in [1.82, 2.24) is 10.6 Å². The monoisotopic (exact) mass is 922 g/mol. The highest BCUT2D eigenvalue weighted by molar-refractivity contribution is 5.45. The average Bonchev–Trinajstić information content (AvgIpc) is 3.44. The van der Waals surface area contributed by atoms with Crippen LogP contribution in [0.3, 0.4) is 0 Å². The first-order chi connectivity index (χ1) is 34.1. The Balaban J connectivity index is 1.30. The molecule has 0 heterocycles. The highest BCUT2D eigenvalue weighted by Gasteiger charge is 2.50. The molecule has 0 fully saturated rings. The van der Waals surface area contributed by atoms with E-state index in [1.807, 2.05) is 249 Å². The second kappa shape index (κ2) is 21.0. The van der Waals surface area contributed by atoms with Crippen LogP contribution >= 0.6 is 0 Å². The number of para-hydroxylation sites is 1. The lowest BCUT2D eigenvalue weighted by Gasteiger charge is -2.47. The molecule has 9 aromatic rings. The number of phenols is 1. The Kier molecular flexibility index (Phi) is 14.3. The molecule has 0 aliphatic rings. The van der Waals surface area contributed by atoms with E-state index < -0.39 is 40.7 Å². The van der Waals surface area contributed by atoms with E-state index in [2.05, 4.69) is 10.6 Å². The van der Waals surface area contributed by atoms with E-state index in [1.165, 1.54) is 0 Å². The zero-order valence-corrected chi connectivity index (χ0v) is 38.8. The molecule has 0 aliphatic heterocycles. The number of rotatable bonds is 19. The van der Waals surface area contributed by atoms with Crippen molar-refractivity contribution >= 4 is 0 Å². The lowest BCUT2D eigenvalue weighted by molar-refractivity contribution is -0.0334. The van der Waals surface area contributed by atoms with Crippen LogP contribution in [0.1, 0.15) is 69.1 Å². The molecule has 0 saturated carbocycles. The van der Waals surface area contributed by atoms with Crippen LogP contribution in [0, 0.1) is 0 Å². The van der Waals surface area contributed by atoms with Gasteiger partial charge in [-0.1, -0.05) is 261 Å². The summed E-state index contributed by atoms with van der Waals surface area (Å²) in [6.07, 6.45) is -1.30. The molecule has 2 atom stereocenters. The SMILES string of the molecule is Oc1ccccc1C(N[C@@H](CC(O)(c1ccccc1)c1ccccc1)C(O)(c1ccccc1)c1ccccc1)N[C@@H](CC(O)(c1ccccc1)c1ccccc1)C(O)(c1ccccc1)c1ccccc1. The zero-order valence-electron chi connectivity index (χ0n) is 38.8. The number of nitrogens with one attached hydrogen (secondary N) is 2. The van der Waals surface area contributed by atoms with Gasteiger partial charge in [0.1, 0.15) is 28.2 Å². The molecular formula is C63H58N2O5. The minimum Gasteiger partial charge on any atom is -0.508 e. The Morgan fingerprint density at radius 3 is 0.743 bits per heavy atom. The van der Waals surface area contributed by atoms with E-state index in [4.69, 9.17) is 0 Å². The fourth-order valence-corrected chi connectivity index (χ4v) is 10.2. The van der Waals surface area contributed by atoms with Crippen LogP contribution in [0.4, 0.5) is 0 Å². The number of benzene rings is 9. The van der Waals surface area contributed by atoms with Gasteiger partial charge < -0.3 is 25.5 Å². The van der Waals surface area contributed by atoms with E-state index in [1.54, 1.807) is 18.2 Å². The summed E-state index contributed by atoms with van der Waals surface area (Å²) in [5.74, 6) is -0.0568. The van der Waals surface area contributed by atoms with Gasteiger partial charge in [-0.2, -0.15) is 0 Å². The number of hydrogen-bond donors (Lipinski definition) is 7. The second-order valence-corrected chi connectivity index (χ2v) is 18.0. The van der Waals surface area contributed by atoms with Crippen molar-refractivity contribution in [2.45, 2.75) is 53.5 Å². The van der Waals surface area contributed by atoms with Crippen molar-refractivity contribution in [3.05, 3.63) is 317 Å². The van der Waals surface area contributed by atoms with Gasteiger partial charge in [0.15, 0.2) is 0 Å². The predicted molar refractivity (Wildman–Crippen MR) is 277 cm³/mol. The minimum absolute atomic E-state index is 0.0568. The first kappa shape index (κ1) is 47.6. The zero-order chi connectivity index (χ0) is 48.4. The summed E-state index contributed by atoms with van der Waals surface area (Å²) in [5, 5.41) is 74.8. The highest BCUT2D eigenvalue weighted by atomic mass is 16.3. The number of aliphatic hydroxyl groups is 4. The summed E-state index contributed by atoms with van der Waals surface area (Å²) in [5.41, 5.74) is -2.04. The lowest BCUT2D eigenvalue weighted by atomic mass is 9.71. The first-order valence-corrected chi connectivity index (χ1v) is 23.8. The number of hydrogen-bond acceptors (Lipinski definition) is 7. The summed E-state index contributed by atoms with van der Waals surface area (Å²) in [6, 6.07) is 80.2. The van der Waals surface area contributed by atoms with Gasteiger partial charge in [-0.05, 0) is 50.6 Å². The summed E-state index contributed by atoms with van der Waals surface area (Å²) < 4.78 is 0. The molecule has 0 spiro atoms. The summed E-state index contributed by atoms with van der Waals surface area (Å²) >= 11 is 0. The summed E-state index contributed by atoms with van der Waals surface area (Å²) in [4.78, 5) is 0. The van der Waals surface area contributed by atoms with Crippen molar-refractivity contribution in [2.75, 3.05) is 0 Å². The molecule has 7 N–H and O–H groups in total. The molecule has 9 aromatic carbocycles. The second-order valence-electron chi connectivity index (χ2n) is 18.0. The van der Waals surface area contributed by atoms with Crippen molar-refractivity contribution in [2.24, 2.45) is 0 Å². The molecular weight excluding hydrogens is 865 g/mol. The van der Waals surface area contributed by atoms with Gasteiger partial charge in [-0.25, -0.2) is 0 Å². The van der Waals surface area contributed by atoms with Gasteiger partial charge in [0.05, 0.1) is 6.17 Å². The van der Waals surface area contributed by atoms with Gasteiger partial charge >= 0.3 is 0 Å². The van der Waals surface area contributed by atoms with E-state index in [0.29, 0.717) is 50.1 Å². The standard InChI is InChI=1S/C63H58N2O5/c66-56-44-26-25-43-55(56)59(64-57(62(69,51-35-17-5-18-36-51)52-37-19-6-20-38-52)45-60(67,47-27-9-1-10-28-47)48-29-11-2-12-30-48)65-58(63(70,53-39-21-7-22-40-53)54-41-23-8-24-42-54)46-61(68,49-31-13-3-14-32-49)50-33-15-4-16-34-50/h1-44,57-59,64-70H,45-46H2/t57-,58-/m0/s1. The molecule has 0 aromatic heterocycles. The van der Waals surface area contributed by atoms with Crippen LogP contribution in [0.2, 0.25) is 0 Å². The lowest BCUT2D eigenvalue weighted by Crippen LogP contribution is -2.60. The van der Waals surface area contributed by atoms with Crippen LogP contribution in [0.25, 0.3) is 0 Å². The Hall–Kier alpha value is -7.46. The van der Waals surface area contributed by atoms with E-state index in [-0.39, 0.29) is 18.6 Å².